The first kappa shape index (κ1) is 11.3. The molecule has 1 saturated carbocycles. The molecule has 86 valence electrons. The number of carbonyl (C=O) groups excluding carboxylic acids is 1. The Morgan fingerprint density at radius 2 is 2.00 bits per heavy atom. The van der Waals surface area contributed by atoms with Crippen LogP contribution in [0.4, 0.5) is 4.39 Å². The lowest BCUT2D eigenvalue weighted by molar-refractivity contribution is -0.123. The first-order valence-electron chi connectivity index (χ1n) is 6.03. The predicted octanol–water partition coefficient (Wildman–Crippen LogP) is 3.52. The molecule has 2 heteroatoms. The van der Waals surface area contributed by atoms with E-state index in [1.807, 2.05) is 6.07 Å². The van der Waals surface area contributed by atoms with Gasteiger partial charge in [0.2, 0.25) is 0 Å². The van der Waals surface area contributed by atoms with Crippen molar-refractivity contribution in [3.8, 4) is 0 Å². The lowest BCUT2D eigenvalue weighted by atomic mass is 9.84. The first-order chi connectivity index (χ1) is 7.75. The van der Waals surface area contributed by atoms with E-state index in [1.165, 1.54) is 31.4 Å². The third kappa shape index (κ3) is 2.91. The Kier molecular flexibility index (Phi) is 3.70. The van der Waals surface area contributed by atoms with Crippen LogP contribution in [0.1, 0.15) is 37.7 Å². The molecule has 1 aromatic rings. The van der Waals surface area contributed by atoms with Crippen LogP contribution < -0.4 is 0 Å². The van der Waals surface area contributed by atoms with Crippen LogP contribution in [0.5, 0.6) is 0 Å². The van der Waals surface area contributed by atoms with E-state index in [0.717, 1.165) is 18.4 Å². The van der Waals surface area contributed by atoms with E-state index in [2.05, 4.69) is 0 Å². The molecule has 0 heterocycles. The van der Waals surface area contributed by atoms with Gasteiger partial charge in [-0.2, -0.15) is 0 Å². The molecular weight excluding hydrogens is 203 g/mol. The van der Waals surface area contributed by atoms with Gasteiger partial charge in [-0.15, -0.1) is 0 Å². The van der Waals surface area contributed by atoms with Gasteiger partial charge in [-0.3, -0.25) is 4.79 Å². The van der Waals surface area contributed by atoms with Crippen molar-refractivity contribution in [1.29, 1.82) is 0 Å². The number of halogens is 1. The minimum absolute atomic E-state index is 0.219. The summed E-state index contributed by atoms with van der Waals surface area (Å²) in [6, 6.07) is 6.36. The number of ketones is 1. The summed E-state index contributed by atoms with van der Waals surface area (Å²) in [6.07, 6.45) is 6.02. The fraction of sp³-hybridized carbons (Fsp3) is 0.500. The van der Waals surface area contributed by atoms with Gasteiger partial charge >= 0.3 is 0 Å². The topological polar surface area (TPSA) is 17.1 Å². The maximum atomic E-state index is 12.9. The van der Waals surface area contributed by atoms with Crippen LogP contribution in [0.2, 0.25) is 0 Å². The molecule has 16 heavy (non-hydrogen) atoms. The second-order valence-corrected chi connectivity index (χ2v) is 4.61. The maximum Gasteiger partial charge on any atom is 0.140 e. The van der Waals surface area contributed by atoms with Gasteiger partial charge in [0.1, 0.15) is 11.6 Å². The van der Waals surface area contributed by atoms with Crippen LogP contribution in [-0.2, 0) is 11.2 Å². The summed E-state index contributed by atoms with van der Waals surface area (Å²) < 4.78 is 12.9. The van der Waals surface area contributed by atoms with Crippen LogP contribution in [0, 0.1) is 11.7 Å². The third-order valence-corrected chi connectivity index (χ3v) is 3.33. The normalized spacial score (nSPS) is 17.3. The molecular formula is C14H17FO. The van der Waals surface area contributed by atoms with Crippen molar-refractivity contribution in [1.82, 2.24) is 0 Å². The van der Waals surface area contributed by atoms with Crippen molar-refractivity contribution in [2.45, 2.75) is 38.5 Å². The smallest absolute Gasteiger partial charge is 0.140 e. The summed E-state index contributed by atoms with van der Waals surface area (Å²) in [4.78, 5) is 12.0. The Bertz CT molecular complexity index is 367. The zero-order chi connectivity index (χ0) is 11.4. The van der Waals surface area contributed by atoms with Gasteiger partial charge in [0.25, 0.3) is 0 Å². The Balaban J connectivity index is 1.96. The molecule has 1 aliphatic rings. The second kappa shape index (κ2) is 5.24. The first-order valence-corrected chi connectivity index (χ1v) is 6.03. The van der Waals surface area contributed by atoms with Crippen molar-refractivity contribution >= 4 is 5.78 Å². The van der Waals surface area contributed by atoms with Gasteiger partial charge in [-0.05, 0) is 30.5 Å². The molecule has 0 amide bonds. The Labute approximate surface area is 95.7 Å². The number of hydrogen-bond acceptors (Lipinski definition) is 1. The second-order valence-electron chi connectivity index (χ2n) is 4.61. The van der Waals surface area contributed by atoms with E-state index >= 15 is 0 Å². The molecule has 1 aromatic carbocycles. The Morgan fingerprint density at radius 1 is 1.25 bits per heavy atom. The summed E-state index contributed by atoms with van der Waals surface area (Å²) in [6.45, 7) is 0. The fourth-order valence-electron chi connectivity index (χ4n) is 2.42. The minimum atomic E-state index is -0.256. The summed E-state index contributed by atoms with van der Waals surface area (Å²) in [5, 5.41) is 0. The highest BCUT2D eigenvalue weighted by Gasteiger charge is 2.20. The molecule has 0 spiro atoms. The summed E-state index contributed by atoms with van der Waals surface area (Å²) in [5.41, 5.74) is 0.801. The predicted molar refractivity (Wildman–Crippen MR) is 61.7 cm³/mol. The minimum Gasteiger partial charge on any atom is -0.299 e. The van der Waals surface area contributed by atoms with Crippen molar-refractivity contribution in [2.75, 3.05) is 0 Å². The van der Waals surface area contributed by atoms with Gasteiger partial charge in [0.05, 0.1) is 0 Å². The van der Waals surface area contributed by atoms with Crippen LogP contribution >= 0.6 is 0 Å². The number of Topliss-reactive ketones (excluding diaryl/α,β-unsaturated/α-hetero) is 1. The highest BCUT2D eigenvalue weighted by atomic mass is 19.1. The van der Waals surface area contributed by atoms with Crippen LogP contribution in [0.3, 0.4) is 0 Å². The largest absolute Gasteiger partial charge is 0.299 e. The molecule has 0 bridgehead atoms. The van der Waals surface area contributed by atoms with Crippen molar-refractivity contribution in [2.24, 2.45) is 5.92 Å². The zero-order valence-electron chi connectivity index (χ0n) is 9.42. The number of hydrogen-bond donors (Lipinski definition) is 0. The highest BCUT2D eigenvalue weighted by Crippen LogP contribution is 2.25. The highest BCUT2D eigenvalue weighted by molar-refractivity contribution is 5.83. The van der Waals surface area contributed by atoms with Gasteiger partial charge in [0, 0.05) is 12.3 Å². The molecule has 0 unspecified atom stereocenters. The Morgan fingerprint density at radius 3 is 2.69 bits per heavy atom. The lowest BCUT2D eigenvalue weighted by Gasteiger charge is -2.20. The summed E-state index contributed by atoms with van der Waals surface area (Å²) in [7, 11) is 0. The van der Waals surface area contributed by atoms with Gasteiger partial charge in [-0.1, -0.05) is 31.4 Å². The van der Waals surface area contributed by atoms with E-state index in [1.54, 1.807) is 6.07 Å². The monoisotopic (exact) mass is 220 g/mol. The number of carbonyl (C=O) groups is 1. The van der Waals surface area contributed by atoms with E-state index in [0.29, 0.717) is 6.42 Å². The number of rotatable bonds is 3. The molecule has 1 aliphatic carbocycles. The van der Waals surface area contributed by atoms with Crippen molar-refractivity contribution in [3.63, 3.8) is 0 Å². The van der Waals surface area contributed by atoms with Crippen molar-refractivity contribution < 1.29 is 9.18 Å². The summed E-state index contributed by atoms with van der Waals surface area (Å²) in [5.74, 6) is 0.247. The SMILES string of the molecule is O=C(Cc1cccc(F)c1)C1CCCCC1. The Hall–Kier alpha value is -1.18. The molecule has 0 aromatic heterocycles. The molecule has 2 rings (SSSR count). The van der Waals surface area contributed by atoms with Crippen molar-refractivity contribution in [3.05, 3.63) is 35.6 Å². The van der Waals surface area contributed by atoms with E-state index in [-0.39, 0.29) is 17.5 Å². The average Bonchev–Trinajstić information content (AvgIpc) is 2.30. The molecule has 1 nitrogen and oxygen atoms in total. The third-order valence-electron chi connectivity index (χ3n) is 3.33. The number of benzene rings is 1. The van der Waals surface area contributed by atoms with Gasteiger partial charge < -0.3 is 0 Å². The molecule has 0 saturated heterocycles. The standard InChI is InChI=1S/C14H17FO/c15-13-8-4-5-11(9-13)10-14(16)12-6-2-1-3-7-12/h4-5,8-9,12H,1-3,6-7,10H2. The maximum absolute atomic E-state index is 12.9. The van der Waals surface area contributed by atoms with Crippen LogP contribution in [0.15, 0.2) is 24.3 Å². The molecule has 0 aliphatic heterocycles. The zero-order valence-corrected chi connectivity index (χ0v) is 9.42. The van der Waals surface area contributed by atoms with E-state index in [9.17, 15) is 9.18 Å². The summed E-state index contributed by atoms with van der Waals surface area (Å²) >= 11 is 0. The molecule has 1 fully saturated rings. The molecule has 0 atom stereocenters. The molecule has 0 radical (unpaired) electrons. The van der Waals surface area contributed by atoms with Crippen LogP contribution in [0.25, 0.3) is 0 Å². The quantitative estimate of drug-likeness (QED) is 0.761. The average molecular weight is 220 g/mol. The van der Waals surface area contributed by atoms with E-state index < -0.39 is 0 Å². The molecule has 0 N–H and O–H groups in total. The van der Waals surface area contributed by atoms with Crippen LogP contribution in [-0.4, -0.2) is 5.78 Å². The van der Waals surface area contributed by atoms with E-state index in [4.69, 9.17) is 0 Å². The lowest BCUT2D eigenvalue weighted by Crippen LogP contribution is -2.19. The van der Waals surface area contributed by atoms with Gasteiger partial charge in [-0.25, -0.2) is 4.39 Å². The van der Waals surface area contributed by atoms with Gasteiger partial charge in [0.15, 0.2) is 0 Å². The fourth-order valence-corrected chi connectivity index (χ4v) is 2.42.